The molecule has 7 nitrogen and oxygen atoms in total. The number of para-hydroxylation sites is 1. The number of aromatic nitrogens is 1. The minimum absolute atomic E-state index is 0.0337. The maximum Gasteiger partial charge on any atom is 0.344 e. The molecule has 0 N–H and O–H groups in total. The summed E-state index contributed by atoms with van der Waals surface area (Å²) in [5.41, 5.74) is -0.129. The molecule has 1 aromatic heterocycles. The molecule has 1 aliphatic heterocycles. The van der Waals surface area contributed by atoms with Crippen LogP contribution < -0.4 is 13.9 Å². The summed E-state index contributed by atoms with van der Waals surface area (Å²) in [5, 5.41) is -0.234. The van der Waals surface area contributed by atoms with Crippen LogP contribution in [0.15, 0.2) is 59.5 Å². The molecule has 11 heteroatoms. The number of nitrogens with zero attached hydrogens (tertiary/aromatic N) is 3. The molecule has 4 rings (SSSR count). The Labute approximate surface area is 181 Å². The van der Waals surface area contributed by atoms with E-state index in [1.54, 1.807) is 0 Å². The Morgan fingerprint density at radius 3 is 2.55 bits per heavy atom. The topological polar surface area (TPSA) is 79.8 Å². The number of anilines is 2. The van der Waals surface area contributed by atoms with E-state index in [-0.39, 0.29) is 32.9 Å². The molecule has 0 spiro atoms. The number of carbonyl (C=O) groups excluding carboxylic acids is 1. The first-order chi connectivity index (χ1) is 14.7. The Hall–Kier alpha value is -3.24. The second-order valence-electron chi connectivity index (χ2n) is 6.49. The van der Waals surface area contributed by atoms with Crippen LogP contribution in [0.2, 0.25) is 5.02 Å². The number of benzene rings is 2. The monoisotopic (exact) mass is 465 g/mol. The molecule has 31 heavy (non-hydrogen) atoms. The predicted molar refractivity (Wildman–Crippen MR) is 110 cm³/mol. The Balaban J connectivity index is 1.89. The number of rotatable bonds is 4. The van der Waals surface area contributed by atoms with Crippen LogP contribution in [0.1, 0.15) is 5.56 Å². The Morgan fingerprint density at radius 2 is 1.84 bits per heavy atom. The van der Waals surface area contributed by atoms with Crippen molar-refractivity contribution in [1.29, 1.82) is 0 Å². The third kappa shape index (κ3) is 3.57. The summed E-state index contributed by atoms with van der Waals surface area (Å²) >= 11 is 6.00. The van der Waals surface area contributed by atoms with E-state index in [0.29, 0.717) is 10.4 Å². The summed E-state index contributed by atoms with van der Waals surface area (Å²) in [6.07, 6.45) is 0. The van der Waals surface area contributed by atoms with E-state index < -0.39 is 34.2 Å². The molecule has 2 amide bonds. The van der Waals surface area contributed by atoms with E-state index in [9.17, 15) is 22.0 Å². The third-order valence-electron chi connectivity index (χ3n) is 4.63. The number of hydrogen-bond donors (Lipinski definition) is 0. The number of sulfonamides is 1. The minimum atomic E-state index is -4.32. The van der Waals surface area contributed by atoms with E-state index in [0.717, 1.165) is 11.0 Å². The van der Waals surface area contributed by atoms with Gasteiger partial charge < -0.3 is 4.74 Å². The van der Waals surface area contributed by atoms with Gasteiger partial charge in [-0.2, -0.15) is 9.29 Å². The fourth-order valence-electron chi connectivity index (χ4n) is 3.20. The van der Waals surface area contributed by atoms with E-state index in [4.69, 9.17) is 16.3 Å². The molecule has 0 atom stereocenters. The molecule has 0 bridgehead atoms. The highest BCUT2D eigenvalue weighted by Crippen LogP contribution is 2.38. The summed E-state index contributed by atoms with van der Waals surface area (Å²) in [4.78, 5) is 18.3. The lowest BCUT2D eigenvalue weighted by Crippen LogP contribution is -2.51. The number of fused-ring (bicyclic) bond motifs is 1. The van der Waals surface area contributed by atoms with Gasteiger partial charge in [0.15, 0.2) is 5.82 Å². The maximum absolute atomic E-state index is 14.4. The molecule has 3 aromatic rings. The van der Waals surface area contributed by atoms with Crippen molar-refractivity contribution in [2.45, 2.75) is 11.4 Å². The highest BCUT2D eigenvalue weighted by Gasteiger charge is 2.43. The molecule has 0 fully saturated rings. The first kappa shape index (κ1) is 21.0. The number of halogens is 3. The number of carbonyl (C=O) groups is 1. The Morgan fingerprint density at radius 1 is 1.10 bits per heavy atom. The number of pyridine rings is 1. The van der Waals surface area contributed by atoms with Gasteiger partial charge in [0.25, 0.3) is 10.0 Å². The normalized spacial score (nSPS) is 15.0. The number of hydrogen-bond acceptors (Lipinski definition) is 5. The van der Waals surface area contributed by atoms with Crippen LogP contribution in [0.3, 0.4) is 0 Å². The molecule has 0 aliphatic carbocycles. The highest BCUT2D eigenvalue weighted by molar-refractivity contribution is 7.94. The standard InChI is InChI=1S/C20H14ClF2N3O4S/c1-30-19-8-4-7-18(24-19)26-20(27)25(11-13-14(21)9-12(22)10-15(13)23)16-5-2-3-6-17(16)31(26,28)29/h2-10H,11H2,1H3. The fraction of sp³-hybridized carbons (Fsp3) is 0.100. The van der Waals surface area contributed by atoms with Gasteiger partial charge in [0.2, 0.25) is 5.88 Å². The van der Waals surface area contributed by atoms with E-state index in [1.807, 2.05) is 0 Å². The molecule has 2 heterocycles. The number of urea groups is 1. The van der Waals surface area contributed by atoms with Crippen LogP contribution in [0.5, 0.6) is 5.88 Å². The summed E-state index contributed by atoms with van der Waals surface area (Å²) in [6.45, 7) is -0.434. The number of ether oxygens (including phenoxy) is 1. The second-order valence-corrected chi connectivity index (χ2v) is 8.65. The smallest absolute Gasteiger partial charge is 0.344 e. The van der Waals surface area contributed by atoms with E-state index in [2.05, 4.69) is 4.98 Å². The Kier molecular flexibility index (Phi) is 5.28. The van der Waals surface area contributed by atoms with Crippen molar-refractivity contribution in [3.63, 3.8) is 0 Å². The quantitative estimate of drug-likeness (QED) is 0.572. The lowest BCUT2D eigenvalue weighted by Gasteiger charge is -2.35. The van der Waals surface area contributed by atoms with Crippen molar-refractivity contribution >= 4 is 39.2 Å². The van der Waals surface area contributed by atoms with Crippen molar-refractivity contribution in [3.8, 4) is 5.88 Å². The zero-order valence-corrected chi connectivity index (χ0v) is 17.5. The van der Waals surface area contributed by atoms with Gasteiger partial charge in [0.1, 0.15) is 16.5 Å². The van der Waals surface area contributed by atoms with Crippen LogP contribution in [0.25, 0.3) is 0 Å². The zero-order chi connectivity index (χ0) is 22.3. The van der Waals surface area contributed by atoms with Crippen molar-refractivity contribution in [2.75, 3.05) is 16.3 Å². The summed E-state index contributed by atoms with van der Waals surface area (Å²) in [7, 11) is -2.98. The van der Waals surface area contributed by atoms with Crippen molar-refractivity contribution in [3.05, 3.63) is 76.8 Å². The highest BCUT2D eigenvalue weighted by atomic mass is 35.5. The van der Waals surface area contributed by atoms with Crippen LogP contribution >= 0.6 is 11.6 Å². The summed E-state index contributed by atoms with van der Waals surface area (Å²) in [6, 6.07) is 10.6. The number of methoxy groups -OCH3 is 1. The molecule has 160 valence electrons. The average Bonchev–Trinajstić information content (AvgIpc) is 2.72. The van der Waals surface area contributed by atoms with E-state index >= 15 is 0 Å². The first-order valence-electron chi connectivity index (χ1n) is 8.84. The van der Waals surface area contributed by atoms with Gasteiger partial charge >= 0.3 is 6.03 Å². The van der Waals surface area contributed by atoms with Crippen LogP contribution in [-0.4, -0.2) is 26.5 Å². The molecule has 1 aliphatic rings. The molecule has 2 aromatic carbocycles. The minimum Gasteiger partial charge on any atom is -0.481 e. The SMILES string of the molecule is COc1cccc(N2C(=O)N(Cc3c(F)cc(F)cc3Cl)c3ccccc3S2(=O)=O)n1. The molecule has 0 radical (unpaired) electrons. The lowest BCUT2D eigenvalue weighted by molar-refractivity contribution is 0.253. The molecule has 0 saturated heterocycles. The fourth-order valence-corrected chi connectivity index (χ4v) is 4.99. The van der Waals surface area contributed by atoms with Crippen molar-refractivity contribution < 1.29 is 26.7 Å². The van der Waals surface area contributed by atoms with Crippen LogP contribution in [0.4, 0.5) is 25.1 Å². The Bertz CT molecular complexity index is 1280. The van der Waals surface area contributed by atoms with Crippen molar-refractivity contribution in [1.82, 2.24) is 4.98 Å². The van der Waals surface area contributed by atoms with E-state index in [1.165, 1.54) is 49.6 Å². The van der Waals surface area contributed by atoms with Gasteiger partial charge in [-0.3, -0.25) is 4.90 Å². The average molecular weight is 466 g/mol. The van der Waals surface area contributed by atoms with Gasteiger partial charge in [-0.05, 0) is 24.3 Å². The maximum atomic E-state index is 14.4. The summed E-state index contributed by atoms with van der Waals surface area (Å²) < 4.78 is 59.9. The van der Waals surface area contributed by atoms with Gasteiger partial charge in [-0.25, -0.2) is 22.0 Å². The zero-order valence-electron chi connectivity index (χ0n) is 15.9. The lowest BCUT2D eigenvalue weighted by atomic mass is 10.1. The second kappa shape index (κ2) is 7.78. The summed E-state index contributed by atoms with van der Waals surface area (Å²) in [5.74, 6) is -1.94. The van der Waals surface area contributed by atoms with Gasteiger partial charge in [0, 0.05) is 17.7 Å². The number of amides is 2. The third-order valence-corrected chi connectivity index (χ3v) is 6.69. The van der Waals surface area contributed by atoms with Gasteiger partial charge in [-0.15, -0.1) is 0 Å². The predicted octanol–water partition coefficient (Wildman–Crippen LogP) is 4.36. The van der Waals surface area contributed by atoms with Gasteiger partial charge in [-0.1, -0.05) is 29.8 Å². The first-order valence-corrected chi connectivity index (χ1v) is 10.7. The molecular formula is C20H14ClF2N3O4S. The molecule has 0 saturated carbocycles. The van der Waals surface area contributed by atoms with Crippen LogP contribution in [-0.2, 0) is 16.6 Å². The van der Waals surface area contributed by atoms with Crippen LogP contribution in [0, 0.1) is 11.6 Å². The van der Waals surface area contributed by atoms with Gasteiger partial charge in [0.05, 0.1) is 24.4 Å². The molecule has 0 unspecified atom stereocenters. The van der Waals surface area contributed by atoms with Crippen molar-refractivity contribution in [2.24, 2.45) is 0 Å². The molecular weight excluding hydrogens is 452 g/mol. The largest absolute Gasteiger partial charge is 0.481 e.